The zero-order valence-corrected chi connectivity index (χ0v) is 12.4. The molecule has 2 aromatic rings. The summed E-state index contributed by atoms with van der Waals surface area (Å²) < 4.78 is 11.1. The Morgan fingerprint density at radius 2 is 2.06 bits per heavy atom. The fourth-order valence-corrected chi connectivity index (χ4v) is 2.78. The average Bonchev–Trinajstić information content (AvgIpc) is 2.74. The number of rotatable bonds is 3. The number of hydrogen-bond donors (Lipinski definition) is 1. The number of methoxy groups -OCH3 is 1. The molecule has 0 amide bonds. The van der Waals surface area contributed by atoms with Crippen LogP contribution in [0.1, 0.15) is 17.4 Å². The molecule has 1 aromatic carbocycles. The van der Waals surface area contributed by atoms with Crippen molar-refractivity contribution in [2.75, 3.05) is 7.11 Å². The number of aliphatic hydroxyl groups excluding tert-OH is 1. The molecule has 0 aliphatic heterocycles. The second-order valence-corrected chi connectivity index (χ2v) is 5.22. The van der Waals surface area contributed by atoms with Crippen molar-refractivity contribution in [1.29, 1.82) is 0 Å². The molecule has 0 fully saturated rings. The minimum atomic E-state index is -0.998. The molecule has 0 aliphatic rings. The van der Waals surface area contributed by atoms with Crippen LogP contribution in [-0.4, -0.2) is 12.2 Å². The quantitative estimate of drug-likeness (QED) is 0.888. The van der Waals surface area contributed by atoms with E-state index in [0.717, 1.165) is 0 Å². The molecular formula is C12H9BrCl2O3. The van der Waals surface area contributed by atoms with E-state index in [4.69, 9.17) is 32.4 Å². The third-order valence-corrected chi connectivity index (χ3v) is 3.41. The number of halogens is 3. The van der Waals surface area contributed by atoms with Crippen LogP contribution < -0.4 is 4.74 Å². The third-order valence-electron chi connectivity index (χ3n) is 2.40. The van der Waals surface area contributed by atoms with Crippen LogP contribution in [0.5, 0.6) is 5.75 Å². The van der Waals surface area contributed by atoms with Gasteiger partial charge in [0.25, 0.3) is 0 Å². The Balaban J connectivity index is 2.49. The van der Waals surface area contributed by atoms with Gasteiger partial charge in [-0.25, -0.2) is 0 Å². The summed E-state index contributed by atoms with van der Waals surface area (Å²) in [5.41, 5.74) is 0.503. The van der Waals surface area contributed by atoms with Crippen LogP contribution in [0.25, 0.3) is 0 Å². The van der Waals surface area contributed by atoms with Gasteiger partial charge in [-0.05, 0) is 51.8 Å². The Labute approximate surface area is 122 Å². The molecule has 1 heterocycles. The van der Waals surface area contributed by atoms with Crippen LogP contribution in [0.15, 0.2) is 33.2 Å². The van der Waals surface area contributed by atoms with E-state index in [9.17, 15) is 5.11 Å². The Morgan fingerprint density at radius 1 is 1.33 bits per heavy atom. The first-order valence-corrected chi connectivity index (χ1v) is 6.54. The average molecular weight is 352 g/mol. The summed E-state index contributed by atoms with van der Waals surface area (Å²) in [5, 5.41) is 10.9. The van der Waals surface area contributed by atoms with E-state index < -0.39 is 6.10 Å². The molecule has 96 valence electrons. The molecule has 2 rings (SSSR count). The highest BCUT2D eigenvalue weighted by Crippen LogP contribution is 2.38. The summed E-state index contributed by atoms with van der Waals surface area (Å²) in [5.74, 6) is 0.826. The molecule has 3 nitrogen and oxygen atoms in total. The summed E-state index contributed by atoms with van der Waals surface area (Å²) in [7, 11) is 1.51. The first kappa shape index (κ1) is 13.7. The molecule has 1 unspecified atom stereocenters. The van der Waals surface area contributed by atoms with Gasteiger partial charge in [-0.15, -0.1) is 0 Å². The number of hydrogen-bond acceptors (Lipinski definition) is 3. The lowest BCUT2D eigenvalue weighted by Gasteiger charge is -2.15. The summed E-state index contributed by atoms with van der Waals surface area (Å²) in [6.45, 7) is 0. The zero-order chi connectivity index (χ0) is 13.3. The van der Waals surface area contributed by atoms with E-state index >= 15 is 0 Å². The summed E-state index contributed by atoms with van der Waals surface area (Å²) in [6.07, 6.45) is -0.998. The van der Waals surface area contributed by atoms with E-state index in [1.807, 2.05) is 0 Å². The van der Waals surface area contributed by atoms with Gasteiger partial charge in [0.1, 0.15) is 17.6 Å². The second-order valence-electron chi connectivity index (χ2n) is 3.55. The molecule has 0 saturated heterocycles. The Hall–Kier alpha value is -0.680. The molecule has 0 radical (unpaired) electrons. The Kier molecular flexibility index (Phi) is 4.22. The second kappa shape index (κ2) is 5.53. The monoisotopic (exact) mass is 350 g/mol. The van der Waals surface area contributed by atoms with Crippen LogP contribution in [0.2, 0.25) is 10.2 Å². The minimum Gasteiger partial charge on any atom is -0.495 e. The Bertz CT molecular complexity index is 568. The Morgan fingerprint density at radius 3 is 2.61 bits per heavy atom. The maximum absolute atomic E-state index is 10.3. The van der Waals surface area contributed by atoms with Crippen LogP contribution in [-0.2, 0) is 0 Å². The normalized spacial score (nSPS) is 12.5. The zero-order valence-electron chi connectivity index (χ0n) is 9.28. The maximum atomic E-state index is 10.3. The molecule has 0 spiro atoms. The lowest BCUT2D eigenvalue weighted by Crippen LogP contribution is -2.02. The molecule has 6 heteroatoms. The number of benzene rings is 1. The number of ether oxygens (including phenoxy) is 1. The highest BCUT2D eigenvalue weighted by molar-refractivity contribution is 9.10. The smallest absolute Gasteiger partial charge is 0.193 e. The highest BCUT2D eigenvalue weighted by Gasteiger charge is 2.21. The van der Waals surface area contributed by atoms with Crippen LogP contribution >= 0.6 is 39.1 Å². The SMILES string of the molecule is COc1c(Br)cc(Cl)cc1C(O)c1ccc(Cl)o1. The van der Waals surface area contributed by atoms with Crippen molar-refractivity contribution < 1.29 is 14.3 Å². The summed E-state index contributed by atoms with van der Waals surface area (Å²) in [6, 6.07) is 6.46. The molecular weight excluding hydrogens is 343 g/mol. The van der Waals surface area contributed by atoms with Crippen molar-refractivity contribution >= 4 is 39.1 Å². The number of aliphatic hydroxyl groups is 1. The number of furan rings is 1. The van der Waals surface area contributed by atoms with Gasteiger partial charge < -0.3 is 14.3 Å². The van der Waals surface area contributed by atoms with Gasteiger partial charge in [0.15, 0.2) is 5.22 Å². The van der Waals surface area contributed by atoms with Gasteiger partial charge >= 0.3 is 0 Å². The molecule has 0 bridgehead atoms. The molecule has 18 heavy (non-hydrogen) atoms. The predicted molar refractivity (Wildman–Crippen MR) is 73.5 cm³/mol. The fraction of sp³-hybridized carbons (Fsp3) is 0.167. The lowest BCUT2D eigenvalue weighted by atomic mass is 10.1. The van der Waals surface area contributed by atoms with Crippen molar-refractivity contribution in [2.45, 2.75) is 6.10 Å². The van der Waals surface area contributed by atoms with Gasteiger partial charge in [0, 0.05) is 10.6 Å². The molecule has 0 saturated carbocycles. The maximum Gasteiger partial charge on any atom is 0.193 e. The van der Waals surface area contributed by atoms with Gasteiger partial charge in [0.2, 0.25) is 0 Å². The van der Waals surface area contributed by atoms with Gasteiger partial charge in [-0.3, -0.25) is 0 Å². The summed E-state index contributed by atoms with van der Waals surface area (Å²) >= 11 is 15.0. The predicted octanol–water partition coefficient (Wildman–Crippen LogP) is 4.44. The minimum absolute atomic E-state index is 0.212. The van der Waals surface area contributed by atoms with Gasteiger partial charge in [-0.1, -0.05) is 11.6 Å². The van der Waals surface area contributed by atoms with Crippen molar-refractivity contribution in [1.82, 2.24) is 0 Å². The van der Waals surface area contributed by atoms with E-state index in [2.05, 4.69) is 15.9 Å². The molecule has 1 aromatic heterocycles. The van der Waals surface area contributed by atoms with E-state index in [0.29, 0.717) is 26.6 Å². The van der Waals surface area contributed by atoms with Crippen LogP contribution in [0.4, 0.5) is 0 Å². The highest BCUT2D eigenvalue weighted by atomic mass is 79.9. The van der Waals surface area contributed by atoms with E-state index in [-0.39, 0.29) is 5.22 Å². The largest absolute Gasteiger partial charge is 0.495 e. The molecule has 1 atom stereocenters. The standard InChI is InChI=1S/C12H9BrCl2O3/c1-17-12-7(4-6(14)5-8(12)13)11(16)9-2-3-10(15)18-9/h2-5,11,16H,1H3. The first-order valence-electron chi connectivity index (χ1n) is 4.99. The summed E-state index contributed by atoms with van der Waals surface area (Å²) in [4.78, 5) is 0. The lowest BCUT2D eigenvalue weighted by molar-refractivity contribution is 0.185. The molecule has 1 N–H and O–H groups in total. The van der Waals surface area contributed by atoms with Gasteiger partial charge in [0.05, 0.1) is 11.6 Å². The van der Waals surface area contributed by atoms with Crippen molar-refractivity contribution in [3.05, 3.63) is 50.3 Å². The van der Waals surface area contributed by atoms with Crippen molar-refractivity contribution in [3.8, 4) is 5.75 Å². The first-order chi connectivity index (χ1) is 8.52. The van der Waals surface area contributed by atoms with Crippen LogP contribution in [0, 0.1) is 0 Å². The molecule has 0 aliphatic carbocycles. The third kappa shape index (κ3) is 2.67. The van der Waals surface area contributed by atoms with E-state index in [1.165, 1.54) is 7.11 Å². The fourth-order valence-electron chi connectivity index (χ4n) is 1.63. The van der Waals surface area contributed by atoms with Gasteiger partial charge in [-0.2, -0.15) is 0 Å². The van der Waals surface area contributed by atoms with Crippen molar-refractivity contribution in [3.63, 3.8) is 0 Å². The van der Waals surface area contributed by atoms with E-state index in [1.54, 1.807) is 24.3 Å². The van der Waals surface area contributed by atoms with Crippen molar-refractivity contribution in [2.24, 2.45) is 0 Å². The van der Waals surface area contributed by atoms with Crippen LogP contribution in [0.3, 0.4) is 0 Å². The topological polar surface area (TPSA) is 42.6 Å².